The van der Waals surface area contributed by atoms with E-state index in [1.165, 1.54) is 26.0 Å². The van der Waals surface area contributed by atoms with Gasteiger partial charge in [0.15, 0.2) is 23.4 Å². The first kappa shape index (κ1) is 24.5. The fourth-order valence-corrected chi connectivity index (χ4v) is 7.78. The summed E-state index contributed by atoms with van der Waals surface area (Å²) >= 11 is 5.73. The Labute approximate surface area is 196 Å². The largest absolute Gasteiger partial charge is 0.458 e. The van der Waals surface area contributed by atoms with Gasteiger partial charge >= 0.3 is 5.97 Å². The van der Waals surface area contributed by atoms with Gasteiger partial charge in [-0.2, -0.15) is 0 Å². The van der Waals surface area contributed by atoms with E-state index >= 15 is 8.78 Å². The number of esters is 1. The van der Waals surface area contributed by atoms with Gasteiger partial charge < -0.3 is 9.84 Å². The highest BCUT2D eigenvalue weighted by Gasteiger charge is 2.76. The molecule has 0 amide bonds. The van der Waals surface area contributed by atoms with E-state index in [-0.39, 0.29) is 23.7 Å². The molecule has 0 aromatic rings. The summed E-state index contributed by atoms with van der Waals surface area (Å²) in [7, 11) is 0. The summed E-state index contributed by atoms with van der Waals surface area (Å²) in [5.41, 5.74) is -4.96. The minimum atomic E-state index is -2.38. The number of aliphatic hydroxyl groups is 1. The van der Waals surface area contributed by atoms with E-state index in [2.05, 4.69) is 0 Å². The van der Waals surface area contributed by atoms with Gasteiger partial charge in [-0.15, -0.1) is 0 Å². The summed E-state index contributed by atoms with van der Waals surface area (Å²) in [4.78, 5) is 36.3. The standard InChI is InChI=1S/C24H29ClF2O6/c1-11-7-14-19-21(33-25)20(26)15-8-13(29)5-6-23(15,4)24(19,27)17(31)9-22(14,3)18(11)16(30)10-32-12(2)28/h5-6,8,11,14,17-21,31H,7,9-10H2,1-4H3/t11?,14-,17?,18+,19+,20?,21?,22-,23-,24+/m0/s1. The average molecular weight is 487 g/mol. The van der Waals surface area contributed by atoms with Gasteiger partial charge in [0.25, 0.3) is 0 Å². The Kier molecular flexibility index (Phi) is 5.90. The second-order valence-electron chi connectivity index (χ2n) is 10.6. The van der Waals surface area contributed by atoms with Crippen LogP contribution in [0, 0.1) is 34.5 Å². The Morgan fingerprint density at radius 2 is 2.00 bits per heavy atom. The predicted octanol–water partition coefficient (Wildman–Crippen LogP) is 3.45. The van der Waals surface area contributed by atoms with Gasteiger partial charge in [0.05, 0.1) is 18.0 Å². The van der Waals surface area contributed by atoms with E-state index in [9.17, 15) is 19.5 Å². The number of alkyl halides is 2. The maximum Gasteiger partial charge on any atom is 0.303 e. The topological polar surface area (TPSA) is 89.9 Å². The van der Waals surface area contributed by atoms with E-state index in [1.54, 1.807) is 6.92 Å². The predicted molar refractivity (Wildman–Crippen MR) is 114 cm³/mol. The third-order valence-corrected chi connectivity index (χ3v) is 9.08. The Hall–Kier alpha value is -1.64. The van der Waals surface area contributed by atoms with Crippen molar-refractivity contribution in [3.8, 4) is 0 Å². The molecule has 0 spiro atoms. The van der Waals surface area contributed by atoms with Gasteiger partial charge in [-0.05, 0) is 54.7 Å². The summed E-state index contributed by atoms with van der Waals surface area (Å²) in [6, 6.07) is 0. The number of rotatable bonds is 4. The molecule has 10 atom stereocenters. The smallest absolute Gasteiger partial charge is 0.303 e. The number of carbonyl (C=O) groups is 3. The summed E-state index contributed by atoms with van der Waals surface area (Å²) in [5, 5.41) is 11.3. The van der Waals surface area contributed by atoms with Gasteiger partial charge in [-0.1, -0.05) is 19.9 Å². The van der Waals surface area contributed by atoms with Gasteiger partial charge in [0.1, 0.15) is 12.7 Å². The van der Waals surface area contributed by atoms with Gasteiger partial charge in [-0.25, -0.2) is 8.78 Å². The molecule has 0 radical (unpaired) electrons. The quantitative estimate of drug-likeness (QED) is 0.612. The molecule has 0 aromatic heterocycles. The zero-order chi connectivity index (χ0) is 24.5. The number of hydrogen-bond donors (Lipinski definition) is 1. The number of allylic oxidation sites excluding steroid dienone is 3. The number of Topliss-reactive ketones (excluding diaryl/α,β-unsaturated/α-hetero) is 1. The van der Waals surface area contributed by atoms with Crippen molar-refractivity contribution in [2.24, 2.45) is 34.5 Å². The molecule has 1 N–H and O–H groups in total. The molecule has 4 aliphatic carbocycles. The van der Waals surface area contributed by atoms with Gasteiger partial charge in [-0.3, -0.25) is 18.7 Å². The molecule has 0 heterocycles. The first-order valence-corrected chi connectivity index (χ1v) is 11.5. The molecule has 182 valence electrons. The lowest BCUT2D eigenvalue weighted by atomic mass is 9.44. The summed E-state index contributed by atoms with van der Waals surface area (Å²) in [6.45, 7) is 5.93. The van der Waals surface area contributed by atoms with Crippen LogP contribution < -0.4 is 0 Å². The molecular formula is C24H29ClF2O6. The van der Waals surface area contributed by atoms with E-state index in [0.29, 0.717) is 6.42 Å². The minimum absolute atomic E-state index is 0.0535. The normalized spacial score (nSPS) is 48.4. The summed E-state index contributed by atoms with van der Waals surface area (Å²) in [6.07, 6.45) is -0.971. The molecule has 3 saturated carbocycles. The first-order valence-electron chi connectivity index (χ1n) is 11.2. The maximum atomic E-state index is 17.3. The van der Waals surface area contributed by atoms with Crippen LogP contribution in [0.3, 0.4) is 0 Å². The average Bonchev–Trinajstić information content (AvgIpc) is 2.99. The lowest BCUT2D eigenvalue weighted by Gasteiger charge is -2.63. The Morgan fingerprint density at radius 1 is 1.33 bits per heavy atom. The molecule has 33 heavy (non-hydrogen) atoms. The van der Waals surface area contributed by atoms with Crippen LogP contribution in [0.1, 0.15) is 40.5 Å². The number of ether oxygens (including phenoxy) is 1. The third kappa shape index (κ3) is 3.20. The molecular weight excluding hydrogens is 458 g/mol. The fourth-order valence-electron chi connectivity index (χ4n) is 7.58. The van der Waals surface area contributed by atoms with Crippen molar-refractivity contribution >= 4 is 29.4 Å². The van der Waals surface area contributed by atoms with Crippen molar-refractivity contribution in [2.75, 3.05) is 6.61 Å². The lowest BCUT2D eigenvalue weighted by Crippen LogP contribution is -2.72. The van der Waals surface area contributed by atoms with Crippen LogP contribution in [-0.2, 0) is 23.4 Å². The molecule has 0 aromatic carbocycles. The highest BCUT2D eigenvalue weighted by atomic mass is 35.5. The second-order valence-corrected chi connectivity index (χ2v) is 10.7. The Bertz CT molecular complexity index is 951. The number of carbonyl (C=O) groups excluding carboxylic acids is 3. The van der Waals surface area contributed by atoms with Crippen LogP contribution >= 0.6 is 11.9 Å². The Balaban J connectivity index is 1.82. The van der Waals surface area contributed by atoms with Crippen LogP contribution in [0.25, 0.3) is 0 Å². The third-order valence-electron chi connectivity index (χ3n) is 8.87. The SMILES string of the molecule is CC(=O)OCC(=O)[C@H]1C(C)C[C@H]2[C@@H]3C(OCl)C(F)C4=CC(=O)C=C[C@]4(C)[C@@]3(F)C(O)C[C@]12C. The molecule has 0 aliphatic heterocycles. The molecule has 0 bridgehead atoms. The first-order chi connectivity index (χ1) is 15.3. The molecule has 4 aliphatic rings. The van der Waals surface area contributed by atoms with Crippen molar-refractivity contribution in [3.63, 3.8) is 0 Å². The zero-order valence-electron chi connectivity index (χ0n) is 19.0. The highest BCUT2D eigenvalue weighted by molar-refractivity contribution is 6.07. The van der Waals surface area contributed by atoms with Crippen molar-refractivity contribution in [1.29, 1.82) is 0 Å². The van der Waals surface area contributed by atoms with Crippen LogP contribution in [-0.4, -0.2) is 53.3 Å². The van der Waals surface area contributed by atoms with Crippen molar-refractivity contribution in [1.82, 2.24) is 0 Å². The molecule has 6 nitrogen and oxygen atoms in total. The van der Waals surface area contributed by atoms with Crippen LogP contribution in [0.4, 0.5) is 8.78 Å². The van der Waals surface area contributed by atoms with E-state index in [1.807, 2.05) is 6.92 Å². The van der Waals surface area contributed by atoms with Crippen LogP contribution in [0.15, 0.2) is 23.8 Å². The second kappa shape index (κ2) is 7.95. The van der Waals surface area contributed by atoms with E-state index < -0.39 is 71.0 Å². The monoisotopic (exact) mass is 486 g/mol. The number of fused-ring (bicyclic) bond motifs is 5. The van der Waals surface area contributed by atoms with Crippen molar-refractivity contribution in [2.45, 2.75) is 64.6 Å². The van der Waals surface area contributed by atoms with Gasteiger partial charge in [0.2, 0.25) is 0 Å². The molecule has 0 saturated heterocycles. The maximum absolute atomic E-state index is 17.3. The molecule has 9 heteroatoms. The zero-order valence-corrected chi connectivity index (χ0v) is 19.8. The summed E-state index contributed by atoms with van der Waals surface area (Å²) < 4.78 is 43.0. The Morgan fingerprint density at radius 3 is 2.61 bits per heavy atom. The molecule has 3 fully saturated rings. The van der Waals surface area contributed by atoms with Crippen LogP contribution in [0.5, 0.6) is 0 Å². The number of halogens is 3. The van der Waals surface area contributed by atoms with E-state index in [4.69, 9.17) is 20.9 Å². The highest BCUT2D eigenvalue weighted by Crippen LogP contribution is 2.70. The van der Waals surface area contributed by atoms with E-state index in [0.717, 1.165) is 6.08 Å². The number of aliphatic hydroxyl groups excluding tert-OH is 1. The van der Waals surface area contributed by atoms with Crippen molar-refractivity contribution in [3.05, 3.63) is 23.8 Å². The molecule has 4 unspecified atom stereocenters. The van der Waals surface area contributed by atoms with Gasteiger partial charge in [0, 0.05) is 24.2 Å². The van der Waals surface area contributed by atoms with Crippen molar-refractivity contribution < 1.29 is 37.3 Å². The number of ketones is 2. The lowest BCUT2D eigenvalue weighted by molar-refractivity contribution is -0.228. The minimum Gasteiger partial charge on any atom is -0.458 e. The fraction of sp³-hybridized carbons (Fsp3) is 0.708. The number of hydrogen-bond acceptors (Lipinski definition) is 6. The summed E-state index contributed by atoms with van der Waals surface area (Å²) in [5.74, 6) is -3.93. The van der Waals surface area contributed by atoms with Crippen LogP contribution in [0.2, 0.25) is 0 Å². The molecule has 4 rings (SSSR count).